The highest BCUT2D eigenvalue weighted by molar-refractivity contribution is 5.94. The molecule has 0 radical (unpaired) electrons. The van der Waals surface area contributed by atoms with Crippen molar-refractivity contribution in [1.29, 1.82) is 0 Å². The first-order chi connectivity index (χ1) is 10.5. The van der Waals surface area contributed by atoms with Crippen LogP contribution in [0.5, 0.6) is 5.75 Å². The Bertz CT molecular complexity index is 476. The van der Waals surface area contributed by atoms with Crippen molar-refractivity contribution in [2.24, 2.45) is 11.8 Å². The molecule has 0 aromatic heterocycles. The van der Waals surface area contributed by atoms with Gasteiger partial charge in [0, 0.05) is 17.4 Å². The molecule has 1 saturated heterocycles. The standard InChI is InChI=1S/C19H29NO2/c1-15-11-16(2)14-20(13-15)9-4-5-10-22-19-8-6-7-18(12-19)17(3)21/h6-8,12,15-16H,4-5,9-11,13-14H2,1-3H3/p+1/t15-,16+. The van der Waals surface area contributed by atoms with Crippen molar-refractivity contribution in [3.8, 4) is 5.75 Å². The Morgan fingerprint density at radius 3 is 2.64 bits per heavy atom. The van der Waals surface area contributed by atoms with E-state index in [1.807, 2.05) is 24.3 Å². The van der Waals surface area contributed by atoms with Crippen LogP contribution >= 0.6 is 0 Å². The fourth-order valence-electron chi connectivity index (χ4n) is 3.60. The van der Waals surface area contributed by atoms with Gasteiger partial charge in [-0.1, -0.05) is 26.0 Å². The van der Waals surface area contributed by atoms with Gasteiger partial charge in [-0.15, -0.1) is 0 Å². The first-order valence-electron chi connectivity index (χ1n) is 8.62. The smallest absolute Gasteiger partial charge is 0.159 e. The highest BCUT2D eigenvalue weighted by atomic mass is 16.5. The third kappa shape index (κ3) is 5.45. The van der Waals surface area contributed by atoms with Crippen LogP contribution in [0.3, 0.4) is 0 Å². The van der Waals surface area contributed by atoms with Crippen molar-refractivity contribution < 1.29 is 14.4 Å². The van der Waals surface area contributed by atoms with Crippen molar-refractivity contribution in [2.75, 3.05) is 26.2 Å². The van der Waals surface area contributed by atoms with Gasteiger partial charge < -0.3 is 9.64 Å². The summed E-state index contributed by atoms with van der Waals surface area (Å²) in [6.45, 7) is 11.0. The molecule has 0 amide bonds. The van der Waals surface area contributed by atoms with Crippen LogP contribution in [-0.4, -0.2) is 32.0 Å². The second-order valence-electron chi connectivity index (χ2n) is 6.99. The molecule has 1 aromatic rings. The normalized spacial score (nSPS) is 25.0. The van der Waals surface area contributed by atoms with Gasteiger partial charge in [-0.25, -0.2) is 0 Å². The number of hydrogen-bond acceptors (Lipinski definition) is 2. The van der Waals surface area contributed by atoms with E-state index in [-0.39, 0.29) is 5.78 Å². The molecule has 0 bridgehead atoms. The van der Waals surface area contributed by atoms with Gasteiger partial charge in [0.25, 0.3) is 0 Å². The van der Waals surface area contributed by atoms with Gasteiger partial charge in [0.15, 0.2) is 5.78 Å². The average molecular weight is 304 g/mol. The molecule has 1 aliphatic rings. The summed E-state index contributed by atoms with van der Waals surface area (Å²) < 4.78 is 5.77. The maximum Gasteiger partial charge on any atom is 0.159 e. The number of benzene rings is 1. The quantitative estimate of drug-likeness (QED) is 0.620. The topological polar surface area (TPSA) is 30.7 Å². The highest BCUT2D eigenvalue weighted by Gasteiger charge is 2.24. The molecule has 1 unspecified atom stereocenters. The molecular weight excluding hydrogens is 274 g/mol. The van der Waals surface area contributed by atoms with E-state index < -0.39 is 0 Å². The first kappa shape index (κ1) is 17.0. The third-order valence-electron chi connectivity index (χ3n) is 4.51. The Morgan fingerprint density at radius 1 is 1.23 bits per heavy atom. The number of ether oxygens (including phenoxy) is 1. The molecule has 2 rings (SSSR count). The van der Waals surface area contributed by atoms with Crippen LogP contribution in [0.4, 0.5) is 0 Å². The van der Waals surface area contributed by atoms with Crippen molar-refractivity contribution in [3.63, 3.8) is 0 Å². The molecule has 3 heteroatoms. The molecule has 1 aliphatic heterocycles. The van der Waals surface area contributed by atoms with Gasteiger partial charge in [0.2, 0.25) is 0 Å². The summed E-state index contributed by atoms with van der Waals surface area (Å²) in [5.41, 5.74) is 0.721. The second kappa shape index (κ2) is 8.33. The average Bonchev–Trinajstić information content (AvgIpc) is 2.46. The van der Waals surface area contributed by atoms with E-state index >= 15 is 0 Å². The second-order valence-corrected chi connectivity index (χ2v) is 6.99. The van der Waals surface area contributed by atoms with E-state index in [4.69, 9.17) is 4.74 Å². The fourth-order valence-corrected chi connectivity index (χ4v) is 3.60. The van der Waals surface area contributed by atoms with E-state index in [1.165, 1.54) is 32.5 Å². The summed E-state index contributed by atoms with van der Waals surface area (Å²) in [6.07, 6.45) is 3.68. The number of ketones is 1. The molecule has 1 aromatic carbocycles. The monoisotopic (exact) mass is 304 g/mol. The molecule has 0 aliphatic carbocycles. The number of Topliss-reactive ketones (excluding diaryl/α,β-unsaturated/α-hetero) is 1. The van der Waals surface area contributed by atoms with Gasteiger partial charge in [-0.3, -0.25) is 4.79 Å². The number of carbonyl (C=O) groups excluding carboxylic acids is 1. The van der Waals surface area contributed by atoms with Crippen molar-refractivity contribution in [2.45, 2.75) is 40.0 Å². The molecule has 3 atom stereocenters. The Labute approximate surface area is 134 Å². The fraction of sp³-hybridized carbons (Fsp3) is 0.632. The van der Waals surface area contributed by atoms with Crippen LogP contribution in [0.25, 0.3) is 0 Å². The maximum absolute atomic E-state index is 11.3. The number of quaternary nitrogens is 1. The minimum atomic E-state index is 0.0855. The summed E-state index contributed by atoms with van der Waals surface area (Å²) in [5, 5.41) is 0. The van der Waals surface area contributed by atoms with Gasteiger partial charge in [-0.2, -0.15) is 0 Å². The zero-order valence-electron chi connectivity index (χ0n) is 14.2. The Morgan fingerprint density at radius 2 is 1.95 bits per heavy atom. The lowest BCUT2D eigenvalue weighted by molar-refractivity contribution is -0.912. The lowest BCUT2D eigenvalue weighted by atomic mass is 9.92. The molecule has 22 heavy (non-hydrogen) atoms. The van der Waals surface area contributed by atoms with Gasteiger partial charge in [-0.05, 0) is 38.3 Å². The van der Waals surface area contributed by atoms with Crippen molar-refractivity contribution >= 4 is 5.78 Å². The lowest BCUT2D eigenvalue weighted by Gasteiger charge is -2.32. The molecule has 1 N–H and O–H groups in total. The predicted molar refractivity (Wildman–Crippen MR) is 89.7 cm³/mol. The number of piperidine rings is 1. The van der Waals surface area contributed by atoms with Crippen LogP contribution in [0.2, 0.25) is 0 Å². The summed E-state index contributed by atoms with van der Waals surface area (Å²) in [5.74, 6) is 2.62. The van der Waals surface area contributed by atoms with Crippen LogP contribution in [0.1, 0.15) is 50.4 Å². The molecule has 1 fully saturated rings. The van der Waals surface area contributed by atoms with Gasteiger partial charge in [0.05, 0.1) is 26.2 Å². The van der Waals surface area contributed by atoms with E-state index in [2.05, 4.69) is 13.8 Å². The summed E-state index contributed by atoms with van der Waals surface area (Å²) in [6, 6.07) is 7.47. The summed E-state index contributed by atoms with van der Waals surface area (Å²) in [4.78, 5) is 13.1. The number of likely N-dealkylation sites (tertiary alicyclic amines) is 1. The van der Waals surface area contributed by atoms with E-state index in [1.54, 1.807) is 11.8 Å². The zero-order valence-corrected chi connectivity index (χ0v) is 14.2. The summed E-state index contributed by atoms with van der Waals surface area (Å²) in [7, 11) is 0. The minimum Gasteiger partial charge on any atom is -0.494 e. The molecule has 0 spiro atoms. The number of carbonyl (C=O) groups is 1. The largest absolute Gasteiger partial charge is 0.494 e. The molecular formula is C19H30NO2+. The molecule has 122 valence electrons. The molecule has 1 heterocycles. The van der Waals surface area contributed by atoms with Crippen LogP contribution in [-0.2, 0) is 0 Å². The SMILES string of the molecule is CC(=O)c1cccc(OCCCC[NH+]2C[C@H](C)C[C@H](C)C2)c1. The van der Waals surface area contributed by atoms with E-state index in [0.29, 0.717) is 0 Å². The van der Waals surface area contributed by atoms with Gasteiger partial charge in [0.1, 0.15) is 5.75 Å². The van der Waals surface area contributed by atoms with Crippen LogP contribution in [0.15, 0.2) is 24.3 Å². The van der Waals surface area contributed by atoms with Crippen molar-refractivity contribution in [3.05, 3.63) is 29.8 Å². The Hall–Kier alpha value is -1.35. The van der Waals surface area contributed by atoms with Gasteiger partial charge >= 0.3 is 0 Å². The number of rotatable bonds is 7. The lowest BCUT2D eigenvalue weighted by Crippen LogP contribution is -3.14. The predicted octanol–water partition coefficient (Wildman–Crippen LogP) is 2.61. The third-order valence-corrected chi connectivity index (χ3v) is 4.51. The Balaban J connectivity index is 1.65. The first-order valence-corrected chi connectivity index (χ1v) is 8.62. The van der Waals surface area contributed by atoms with Crippen molar-refractivity contribution in [1.82, 2.24) is 0 Å². The number of hydrogen-bond donors (Lipinski definition) is 1. The maximum atomic E-state index is 11.3. The van der Waals surface area contributed by atoms with E-state index in [9.17, 15) is 4.79 Å². The number of nitrogens with one attached hydrogen (secondary N) is 1. The highest BCUT2D eigenvalue weighted by Crippen LogP contribution is 2.14. The number of unbranched alkanes of at least 4 members (excludes halogenated alkanes) is 1. The van der Waals surface area contributed by atoms with E-state index in [0.717, 1.165) is 36.2 Å². The van der Waals surface area contributed by atoms with Crippen LogP contribution < -0.4 is 9.64 Å². The molecule has 0 saturated carbocycles. The summed E-state index contributed by atoms with van der Waals surface area (Å²) >= 11 is 0. The Kier molecular flexibility index (Phi) is 6.44. The zero-order chi connectivity index (χ0) is 15.9. The van der Waals surface area contributed by atoms with Crippen LogP contribution in [0, 0.1) is 11.8 Å². The minimum absolute atomic E-state index is 0.0855. The molecule has 3 nitrogen and oxygen atoms in total.